The zero-order valence-electron chi connectivity index (χ0n) is 15.5. The first-order valence-electron chi connectivity index (χ1n) is 8.60. The number of fused-ring (bicyclic) bond motifs is 1. The van der Waals surface area contributed by atoms with Gasteiger partial charge in [-0.1, -0.05) is 13.8 Å². The fourth-order valence-electron chi connectivity index (χ4n) is 2.89. The van der Waals surface area contributed by atoms with Crippen LogP contribution in [0.3, 0.4) is 0 Å². The Morgan fingerprint density at radius 3 is 2.86 bits per heavy atom. The third-order valence-electron chi connectivity index (χ3n) is 4.29. The monoisotopic (exact) mass is 395 g/mol. The highest BCUT2D eigenvalue weighted by Crippen LogP contribution is 2.38. The Kier molecular flexibility index (Phi) is 5.19. The van der Waals surface area contributed by atoms with E-state index in [1.807, 2.05) is 0 Å². The van der Waals surface area contributed by atoms with E-state index in [-0.39, 0.29) is 35.4 Å². The molecule has 4 N–H and O–H groups in total. The number of amides is 1. The molecular weight excluding hydrogens is 374 g/mol. The van der Waals surface area contributed by atoms with E-state index in [0.717, 1.165) is 6.92 Å². The molecule has 1 aliphatic rings. The normalized spacial score (nSPS) is 24.6. The number of aromatic nitrogens is 4. The second kappa shape index (κ2) is 7.30. The largest absolute Gasteiger partial charge is 0.430 e. The van der Waals surface area contributed by atoms with Crippen molar-refractivity contribution in [3.05, 3.63) is 16.7 Å². The maximum Gasteiger partial charge on any atom is 0.305 e. The Morgan fingerprint density at radius 2 is 2.25 bits per heavy atom. The number of hydrogen-bond acceptors (Lipinski definition) is 9. The summed E-state index contributed by atoms with van der Waals surface area (Å²) in [6.45, 7) is 3.90. The molecule has 0 aromatic carbocycles. The van der Waals surface area contributed by atoms with Crippen molar-refractivity contribution in [3.8, 4) is 0 Å². The number of hydrogen-bond donors (Lipinski definition) is 4. The highest BCUT2D eigenvalue weighted by molar-refractivity contribution is 5.91. The molecule has 0 bridgehead atoms. The van der Waals surface area contributed by atoms with Crippen LogP contribution in [0.2, 0.25) is 0 Å². The predicted molar refractivity (Wildman–Crippen MR) is 93.9 cm³/mol. The highest BCUT2D eigenvalue weighted by Gasteiger charge is 2.51. The lowest BCUT2D eigenvalue weighted by Gasteiger charge is -2.25. The maximum absolute atomic E-state index is 12.3. The Bertz CT molecular complexity index is 968. The summed E-state index contributed by atoms with van der Waals surface area (Å²) >= 11 is 0. The van der Waals surface area contributed by atoms with Crippen molar-refractivity contribution >= 4 is 29.0 Å². The summed E-state index contributed by atoms with van der Waals surface area (Å²) in [4.78, 5) is 46.0. The number of imidazole rings is 1. The zero-order valence-corrected chi connectivity index (χ0v) is 15.5. The highest BCUT2D eigenvalue weighted by atomic mass is 16.7. The molecule has 2 aromatic rings. The van der Waals surface area contributed by atoms with Crippen LogP contribution in [0.15, 0.2) is 11.1 Å². The van der Waals surface area contributed by atoms with Gasteiger partial charge in [-0.15, -0.1) is 0 Å². The molecule has 3 heterocycles. The van der Waals surface area contributed by atoms with Crippen molar-refractivity contribution in [2.75, 3.05) is 11.9 Å². The number of ether oxygens (including phenoxy) is 2. The fourth-order valence-corrected chi connectivity index (χ4v) is 2.89. The number of esters is 1. The Balaban J connectivity index is 1.97. The van der Waals surface area contributed by atoms with Gasteiger partial charge < -0.3 is 19.7 Å². The lowest BCUT2D eigenvalue weighted by atomic mass is 10.1. The molecular formula is C16H21N5O7. The number of H-pyrrole nitrogens is 1. The van der Waals surface area contributed by atoms with Gasteiger partial charge in [-0.05, 0) is 0 Å². The smallest absolute Gasteiger partial charge is 0.305 e. The Morgan fingerprint density at radius 1 is 1.54 bits per heavy atom. The van der Waals surface area contributed by atoms with Gasteiger partial charge in [0.25, 0.3) is 5.56 Å². The van der Waals surface area contributed by atoms with E-state index in [4.69, 9.17) is 9.47 Å². The molecule has 3 atom stereocenters. The van der Waals surface area contributed by atoms with Crippen molar-refractivity contribution in [1.29, 1.82) is 0 Å². The van der Waals surface area contributed by atoms with Crippen LogP contribution < -0.4 is 10.9 Å². The number of aliphatic hydroxyl groups is 2. The van der Waals surface area contributed by atoms with E-state index in [2.05, 4.69) is 20.3 Å². The van der Waals surface area contributed by atoms with E-state index in [0.29, 0.717) is 0 Å². The SMILES string of the molecule is CC(=O)O[C@]1(O)C[C@H](n2cnc3c(=O)[nH]c(NC(=O)C(C)C)nc32)O[C@@H]1CO. The second-order valence-corrected chi connectivity index (χ2v) is 6.79. The van der Waals surface area contributed by atoms with Crippen LogP contribution in [-0.2, 0) is 19.1 Å². The summed E-state index contributed by atoms with van der Waals surface area (Å²) in [7, 11) is 0. The molecule has 1 fully saturated rings. The minimum atomic E-state index is -2.04. The van der Waals surface area contributed by atoms with Crippen molar-refractivity contribution in [3.63, 3.8) is 0 Å². The van der Waals surface area contributed by atoms with Crippen molar-refractivity contribution in [1.82, 2.24) is 19.5 Å². The molecule has 1 aliphatic heterocycles. The molecule has 1 amide bonds. The molecule has 12 heteroatoms. The van der Waals surface area contributed by atoms with Crippen molar-refractivity contribution in [2.45, 2.75) is 45.3 Å². The summed E-state index contributed by atoms with van der Waals surface area (Å²) in [6, 6.07) is 0. The van der Waals surface area contributed by atoms with Crippen LogP contribution in [0.5, 0.6) is 0 Å². The molecule has 3 rings (SSSR count). The maximum atomic E-state index is 12.3. The molecule has 12 nitrogen and oxygen atoms in total. The van der Waals surface area contributed by atoms with Gasteiger partial charge in [-0.25, -0.2) is 4.98 Å². The minimum Gasteiger partial charge on any atom is -0.430 e. The first-order chi connectivity index (χ1) is 13.1. The molecule has 0 unspecified atom stereocenters. The van der Waals surface area contributed by atoms with Crippen LogP contribution in [0.4, 0.5) is 5.95 Å². The summed E-state index contributed by atoms with van der Waals surface area (Å²) in [5.74, 6) is -3.51. The topological polar surface area (TPSA) is 169 Å². The molecule has 0 spiro atoms. The van der Waals surface area contributed by atoms with Gasteiger partial charge in [0.2, 0.25) is 17.6 Å². The van der Waals surface area contributed by atoms with Crippen LogP contribution in [0.25, 0.3) is 11.2 Å². The minimum absolute atomic E-state index is 0.00498. The first-order valence-corrected chi connectivity index (χ1v) is 8.60. The average molecular weight is 395 g/mol. The lowest BCUT2D eigenvalue weighted by Crippen LogP contribution is -2.44. The molecule has 2 aromatic heterocycles. The van der Waals surface area contributed by atoms with Gasteiger partial charge in [-0.2, -0.15) is 4.98 Å². The van der Waals surface area contributed by atoms with Gasteiger partial charge in [0, 0.05) is 12.8 Å². The Labute approximate surface area is 158 Å². The summed E-state index contributed by atoms with van der Waals surface area (Å²) in [5, 5.41) is 22.5. The summed E-state index contributed by atoms with van der Waals surface area (Å²) in [6.07, 6.45) is -1.05. The standard InChI is InChI=1S/C16H21N5O7/c1-7(2)13(24)19-15-18-12-11(14(25)20-15)17-6-21(12)10-4-16(26,28-8(3)23)9(5-22)27-10/h6-7,9-10,22,26H,4-5H2,1-3H3,(H2,18,19,20,24,25)/t9-,10-,16-/m1/s1. The van der Waals surface area contributed by atoms with Gasteiger partial charge in [0.05, 0.1) is 19.4 Å². The number of carbonyl (C=O) groups is 2. The van der Waals surface area contributed by atoms with Gasteiger partial charge in [-0.3, -0.25) is 29.3 Å². The number of nitrogens with one attached hydrogen (secondary N) is 2. The summed E-state index contributed by atoms with van der Waals surface area (Å²) < 4.78 is 11.9. The average Bonchev–Trinajstić information content (AvgIpc) is 3.15. The van der Waals surface area contributed by atoms with Gasteiger partial charge >= 0.3 is 5.97 Å². The molecule has 152 valence electrons. The molecule has 28 heavy (non-hydrogen) atoms. The number of rotatable bonds is 5. The quantitative estimate of drug-likeness (QED) is 0.376. The number of aromatic amines is 1. The van der Waals surface area contributed by atoms with Crippen LogP contribution in [-0.4, -0.2) is 60.1 Å². The van der Waals surface area contributed by atoms with Gasteiger partial charge in [0.15, 0.2) is 11.2 Å². The number of anilines is 1. The molecule has 0 aliphatic carbocycles. The third-order valence-corrected chi connectivity index (χ3v) is 4.29. The lowest BCUT2D eigenvalue weighted by molar-refractivity contribution is -0.229. The van der Waals surface area contributed by atoms with E-state index in [1.54, 1.807) is 13.8 Å². The zero-order chi connectivity index (χ0) is 20.6. The van der Waals surface area contributed by atoms with Gasteiger partial charge in [0.1, 0.15) is 12.3 Å². The second-order valence-electron chi connectivity index (χ2n) is 6.79. The Hall–Kier alpha value is -2.83. The van der Waals surface area contributed by atoms with E-state index in [9.17, 15) is 24.6 Å². The molecule has 0 radical (unpaired) electrons. The van der Waals surface area contributed by atoms with Crippen LogP contribution in [0.1, 0.15) is 33.4 Å². The summed E-state index contributed by atoms with van der Waals surface area (Å²) in [5.41, 5.74) is -0.485. The molecule has 1 saturated heterocycles. The van der Waals surface area contributed by atoms with E-state index >= 15 is 0 Å². The van der Waals surface area contributed by atoms with E-state index in [1.165, 1.54) is 10.9 Å². The van der Waals surface area contributed by atoms with Crippen LogP contribution >= 0.6 is 0 Å². The number of nitrogens with zero attached hydrogens (tertiary/aromatic N) is 3. The first kappa shape index (κ1) is 19.9. The van der Waals surface area contributed by atoms with E-state index < -0.39 is 36.3 Å². The van der Waals surface area contributed by atoms with Crippen molar-refractivity contribution < 1.29 is 29.3 Å². The van der Waals surface area contributed by atoms with Crippen LogP contribution in [0, 0.1) is 5.92 Å². The third kappa shape index (κ3) is 3.61. The number of aliphatic hydroxyl groups excluding tert-OH is 1. The van der Waals surface area contributed by atoms with Crippen molar-refractivity contribution in [2.24, 2.45) is 5.92 Å². The predicted octanol–water partition coefficient (Wildman–Crippen LogP) is -0.754. The fraction of sp³-hybridized carbons (Fsp3) is 0.562. The number of carbonyl (C=O) groups excluding carboxylic acids is 2. The molecule has 0 saturated carbocycles.